The summed E-state index contributed by atoms with van der Waals surface area (Å²) >= 11 is 6.48. The van der Waals surface area contributed by atoms with Gasteiger partial charge in [-0.05, 0) is 38.2 Å². The number of aromatic nitrogens is 2. The Bertz CT molecular complexity index is 1210. The second-order valence-electron chi connectivity index (χ2n) is 8.79. The average Bonchev–Trinajstić information content (AvgIpc) is 3.26. The summed E-state index contributed by atoms with van der Waals surface area (Å²) in [5.41, 5.74) is 7.61. The third-order valence-electron chi connectivity index (χ3n) is 5.70. The molecule has 1 aliphatic carbocycles. The van der Waals surface area contributed by atoms with Gasteiger partial charge in [-0.25, -0.2) is 18.4 Å². The van der Waals surface area contributed by atoms with E-state index in [9.17, 15) is 8.42 Å². The van der Waals surface area contributed by atoms with Crippen molar-refractivity contribution in [2.24, 2.45) is 17.6 Å². The molecule has 1 aliphatic rings. The third kappa shape index (κ3) is 6.71. The zero-order chi connectivity index (χ0) is 25.0. The van der Waals surface area contributed by atoms with E-state index in [0.29, 0.717) is 29.0 Å². The Balaban J connectivity index is 0.000000396. The largest absolute Gasteiger partial charge is 0.439 e. The fourth-order valence-corrected chi connectivity index (χ4v) is 4.00. The molecule has 3 N–H and O–H groups in total. The fourth-order valence-electron chi connectivity index (χ4n) is 3.20. The Kier molecular flexibility index (Phi) is 8.22. The number of nitrogens with zero attached hydrogens (tertiary/aromatic N) is 3. The maximum absolute atomic E-state index is 12.0. The van der Waals surface area contributed by atoms with Gasteiger partial charge in [-0.15, -0.1) is 0 Å². The topological polar surface area (TPSA) is 114 Å². The number of aryl methyl sites for hydroxylation is 1. The number of benzene rings is 1. The van der Waals surface area contributed by atoms with Gasteiger partial charge in [-0.3, -0.25) is 4.31 Å². The average molecular weight is 506 g/mol. The van der Waals surface area contributed by atoms with Crippen LogP contribution >= 0.6 is 11.6 Å². The van der Waals surface area contributed by atoms with E-state index in [1.807, 2.05) is 18.2 Å². The first-order valence-electron chi connectivity index (χ1n) is 11.1. The number of hydrogen-bond donors (Lipinski definition) is 2. The lowest BCUT2D eigenvalue weighted by molar-refractivity contribution is 0.488. The van der Waals surface area contributed by atoms with Crippen LogP contribution in [0.2, 0.25) is 5.02 Å². The van der Waals surface area contributed by atoms with Gasteiger partial charge < -0.3 is 15.5 Å². The molecule has 3 atom stereocenters. The Morgan fingerprint density at radius 2 is 1.97 bits per heavy atom. The normalized spacial score (nSPS) is 18.0. The van der Waals surface area contributed by atoms with Crippen LogP contribution in [0.4, 0.5) is 11.6 Å². The summed E-state index contributed by atoms with van der Waals surface area (Å²) < 4.78 is 30.8. The zero-order valence-electron chi connectivity index (χ0n) is 20.1. The summed E-state index contributed by atoms with van der Waals surface area (Å²) in [6, 6.07) is 11.7. The van der Waals surface area contributed by atoms with Crippen LogP contribution in [-0.2, 0) is 10.0 Å². The molecule has 0 amide bonds. The summed E-state index contributed by atoms with van der Waals surface area (Å²) in [6.45, 7) is 6.82. The number of oxazole rings is 1. The second-order valence-corrected chi connectivity index (χ2v) is 11.2. The SMILES string of the molecule is CC(N)c1cnc(-c2cc(NCC3CC3C)nc(N(C)S(C)(=O)=O)c2Cl)o1.Cc1ccccc1. The van der Waals surface area contributed by atoms with Crippen LogP contribution in [0.3, 0.4) is 0 Å². The van der Waals surface area contributed by atoms with Crippen molar-refractivity contribution in [1.82, 2.24) is 9.97 Å². The molecule has 0 aliphatic heterocycles. The summed E-state index contributed by atoms with van der Waals surface area (Å²) in [6.07, 6.45) is 3.80. The highest BCUT2D eigenvalue weighted by molar-refractivity contribution is 7.92. The van der Waals surface area contributed by atoms with Gasteiger partial charge in [0.05, 0.1) is 29.1 Å². The fraction of sp³-hybridized carbons (Fsp3) is 0.417. The molecular weight excluding hydrogens is 474 g/mol. The van der Waals surface area contributed by atoms with Crippen molar-refractivity contribution >= 4 is 33.3 Å². The number of sulfonamides is 1. The van der Waals surface area contributed by atoms with Crippen LogP contribution < -0.4 is 15.4 Å². The minimum absolute atomic E-state index is 0.114. The Morgan fingerprint density at radius 3 is 2.44 bits per heavy atom. The Labute approximate surface area is 206 Å². The zero-order valence-corrected chi connectivity index (χ0v) is 21.7. The van der Waals surface area contributed by atoms with Crippen molar-refractivity contribution < 1.29 is 12.8 Å². The van der Waals surface area contributed by atoms with Crippen molar-refractivity contribution in [3.05, 3.63) is 58.9 Å². The molecule has 3 unspecified atom stereocenters. The smallest absolute Gasteiger partial charge is 0.233 e. The third-order valence-corrected chi connectivity index (χ3v) is 7.24. The Hall–Kier alpha value is -2.62. The van der Waals surface area contributed by atoms with Crippen LogP contribution in [0, 0.1) is 18.8 Å². The van der Waals surface area contributed by atoms with Gasteiger partial charge in [-0.1, -0.05) is 54.4 Å². The van der Waals surface area contributed by atoms with Gasteiger partial charge >= 0.3 is 0 Å². The van der Waals surface area contributed by atoms with Gasteiger partial charge in [0, 0.05) is 13.6 Å². The lowest BCUT2D eigenvalue weighted by Crippen LogP contribution is -2.26. The summed E-state index contributed by atoms with van der Waals surface area (Å²) in [7, 11) is -2.14. The molecule has 1 aromatic carbocycles. The molecule has 1 saturated carbocycles. The molecule has 10 heteroatoms. The quantitative estimate of drug-likeness (QED) is 0.470. The molecule has 34 heavy (non-hydrogen) atoms. The summed E-state index contributed by atoms with van der Waals surface area (Å²) in [5, 5.41) is 3.41. The van der Waals surface area contributed by atoms with Crippen LogP contribution in [-0.4, -0.2) is 38.2 Å². The van der Waals surface area contributed by atoms with Crippen LogP contribution in [0.15, 0.2) is 47.0 Å². The molecule has 3 aromatic rings. The highest BCUT2D eigenvalue weighted by Gasteiger charge is 2.32. The molecule has 2 aromatic heterocycles. The number of hydrogen-bond acceptors (Lipinski definition) is 7. The first-order chi connectivity index (χ1) is 16.0. The molecule has 0 radical (unpaired) electrons. The van der Waals surface area contributed by atoms with E-state index < -0.39 is 10.0 Å². The van der Waals surface area contributed by atoms with Gasteiger partial charge in [0.15, 0.2) is 5.82 Å². The summed E-state index contributed by atoms with van der Waals surface area (Å²) in [5.74, 6) is 2.68. The molecule has 8 nitrogen and oxygen atoms in total. The molecule has 2 heterocycles. The molecule has 4 rings (SSSR count). The highest BCUT2D eigenvalue weighted by Crippen LogP contribution is 2.39. The van der Waals surface area contributed by atoms with E-state index in [4.69, 9.17) is 21.8 Å². The predicted molar refractivity (Wildman–Crippen MR) is 138 cm³/mol. The van der Waals surface area contributed by atoms with Crippen molar-refractivity contribution in [2.75, 3.05) is 29.5 Å². The Morgan fingerprint density at radius 1 is 1.32 bits per heavy atom. The maximum atomic E-state index is 12.0. The molecule has 0 saturated heterocycles. The van der Waals surface area contributed by atoms with Crippen LogP contribution in [0.1, 0.15) is 37.6 Å². The van der Waals surface area contributed by atoms with Crippen molar-refractivity contribution in [3.8, 4) is 11.5 Å². The molecule has 0 spiro atoms. The van der Waals surface area contributed by atoms with Gasteiger partial charge in [0.2, 0.25) is 15.9 Å². The van der Waals surface area contributed by atoms with Gasteiger partial charge in [0.25, 0.3) is 0 Å². The van der Waals surface area contributed by atoms with E-state index in [-0.39, 0.29) is 22.8 Å². The number of halogens is 1. The first kappa shape index (κ1) is 26.0. The maximum Gasteiger partial charge on any atom is 0.233 e. The monoisotopic (exact) mass is 505 g/mol. The minimum atomic E-state index is -3.54. The molecule has 1 fully saturated rings. The number of nitrogens with two attached hydrogens (primary N) is 1. The van der Waals surface area contributed by atoms with E-state index in [1.54, 1.807) is 13.0 Å². The van der Waals surface area contributed by atoms with E-state index in [1.165, 1.54) is 25.2 Å². The second kappa shape index (κ2) is 10.8. The van der Waals surface area contributed by atoms with Gasteiger partial charge in [-0.2, -0.15) is 0 Å². The standard InChI is InChI=1S/C17H24ClN5O3S.C7H8/c1-9-5-11(9)7-20-14-6-12(17-21-8-13(26-17)10(2)19)15(18)16(22-14)23(3)27(4,24)25;1-7-5-3-2-4-6-7/h6,8-11H,5,7,19H2,1-4H3,(H,20,22);2-6H,1H3. The number of pyridine rings is 1. The number of anilines is 2. The predicted octanol–water partition coefficient (Wildman–Crippen LogP) is 4.87. The lowest BCUT2D eigenvalue weighted by atomic mass is 10.2. The number of rotatable bonds is 7. The molecule has 0 bridgehead atoms. The van der Waals surface area contributed by atoms with Crippen molar-refractivity contribution in [3.63, 3.8) is 0 Å². The number of nitrogens with one attached hydrogen (secondary N) is 1. The van der Waals surface area contributed by atoms with Crippen LogP contribution in [0.5, 0.6) is 0 Å². The lowest BCUT2D eigenvalue weighted by Gasteiger charge is -2.19. The minimum Gasteiger partial charge on any atom is -0.439 e. The highest BCUT2D eigenvalue weighted by atomic mass is 35.5. The van der Waals surface area contributed by atoms with E-state index >= 15 is 0 Å². The molecular formula is C24H32ClN5O3S. The van der Waals surface area contributed by atoms with Gasteiger partial charge in [0.1, 0.15) is 11.6 Å². The van der Waals surface area contributed by atoms with Crippen molar-refractivity contribution in [2.45, 2.75) is 33.2 Å². The first-order valence-corrected chi connectivity index (χ1v) is 13.3. The summed E-state index contributed by atoms with van der Waals surface area (Å²) in [4.78, 5) is 8.64. The van der Waals surface area contributed by atoms with Crippen molar-refractivity contribution in [1.29, 1.82) is 0 Å². The van der Waals surface area contributed by atoms with E-state index in [2.05, 4.69) is 41.3 Å². The van der Waals surface area contributed by atoms with Crippen LogP contribution in [0.25, 0.3) is 11.5 Å². The van der Waals surface area contributed by atoms with E-state index in [0.717, 1.165) is 17.1 Å². The molecule has 184 valence electrons.